The first-order valence-electron chi connectivity index (χ1n) is 8.08. The van der Waals surface area contributed by atoms with Crippen molar-refractivity contribution in [3.8, 4) is 0 Å². The zero-order chi connectivity index (χ0) is 14.3. The van der Waals surface area contributed by atoms with Crippen molar-refractivity contribution in [1.82, 2.24) is 4.90 Å². The molecule has 0 spiro atoms. The van der Waals surface area contributed by atoms with Gasteiger partial charge in [0, 0.05) is 21.8 Å². The van der Waals surface area contributed by atoms with E-state index < -0.39 is 0 Å². The van der Waals surface area contributed by atoms with Crippen molar-refractivity contribution < 1.29 is 0 Å². The van der Waals surface area contributed by atoms with Gasteiger partial charge in [-0.3, -0.25) is 4.90 Å². The summed E-state index contributed by atoms with van der Waals surface area (Å²) in [5, 5.41) is 0. The van der Waals surface area contributed by atoms with E-state index in [9.17, 15) is 0 Å². The van der Waals surface area contributed by atoms with E-state index in [0.717, 1.165) is 6.04 Å². The summed E-state index contributed by atoms with van der Waals surface area (Å²) in [6.07, 6.45) is 6.54. The van der Waals surface area contributed by atoms with E-state index in [1.54, 1.807) is 0 Å². The van der Waals surface area contributed by atoms with Gasteiger partial charge in [-0.1, -0.05) is 27.2 Å². The standard InChI is InChI=1S/C17H28N2S/c1-17(2,3)15-10-9-14(20-15)16-13(18)6-4-5-11-19(16)12-7-8-12/h9-10,12-13,16H,4-8,11,18H2,1-3H3. The van der Waals surface area contributed by atoms with Crippen LogP contribution in [0.1, 0.15) is 68.7 Å². The van der Waals surface area contributed by atoms with Crippen LogP contribution < -0.4 is 5.73 Å². The van der Waals surface area contributed by atoms with Crippen LogP contribution in [0.5, 0.6) is 0 Å². The first kappa shape index (κ1) is 14.6. The smallest absolute Gasteiger partial charge is 0.0595 e. The summed E-state index contributed by atoms with van der Waals surface area (Å²) in [7, 11) is 0. The van der Waals surface area contributed by atoms with Crippen LogP contribution in [0, 0.1) is 0 Å². The fourth-order valence-corrected chi connectivity index (χ4v) is 4.59. The number of rotatable bonds is 2. The number of likely N-dealkylation sites (tertiary alicyclic amines) is 1. The molecule has 2 aliphatic rings. The van der Waals surface area contributed by atoms with Crippen molar-refractivity contribution in [2.45, 2.75) is 76.4 Å². The van der Waals surface area contributed by atoms with Gasteiger partial charge in [-0.15, -0.1) is 11.3 Å². The van der Waals surface area contributed by atoms with Gasteiger partial charge in [-0.25, -0.2) is 0 Å². The Hall–Kier alpha value is -0.380. The lowest BCUT2D eigenvalue weighted by molar-refractivity contribution is 0.178. The van der Waals surface area contributed by atoms with Gasteiger partial charge >= 0.3 is 0 Å². The highest BCUT2D eigenvalue weighted by atomic mass is 32.1. The van der Waals surface area contributed by atoms with Gasteiger partial charge < -0.3 is 5.73 Å². The molecule has 1 aliphatic heterocycles. The number of nitrogens with two attached hydrogens (primary N) is 1. The van der Waals surface area contributed by atoms with Gasteiger partial charge in [-0.2, -0.15) is 0 Å². The van der Waals surface area contributed by atoms with Gasteiger partial charge in [0.15, 0.2) is 0 Å². The number of thiophene rings is 1. The SMILES string of the molecule is CC(C)(C)c1ccc(C2C(N)CCCCN2C2CC2)s1. The molecule has 3 heteroatoms. The highest BCUT2D eigenvalue weighted by molar-refractivity contribution is 7.12. The Kier molecular flexibility index (Phi) is 3.95. The summed E-state index contributed by atoms with van der Waals surface area (Å²) in [6, 6.07) is 6.25. The largest absolute Gasteiger partial charge is 0.326 e. The van der Waals surface area contributed by atoms with Crippen molar-refractivity contribution in [3.05, 3.63) is 21.9 Å². The molecular weight excluding hydrogens is 264 g/mol. The van der Waals surface area contributed by atoms with Gasteiger partial charge in [0.05, 0.1) is 6.04 Å². The zero-order valence-electron chi connectivity index (χ0n) is 13.1. The van der Waals surface area contributed by atoms with Gasteiger partial charge in [0.25, 0.3) is 0 Å². The molecule has 1 saturated heterocycles. The Balaban J connectivity index is 1.89. The molecule has 3 rings (SSSR count). The fourth-order valence-electron chi connectivity index (χ4n) is 3.32. The second-order valence-electron chi connectivity index (χ2n) is 7.53. The third-order valence-electron chi connectivity index (χ3n) is 4.64. The second-order valence-corrected chi connectivity index (χ2v) is 8.64. The number of nitrogens with zero attached hydrogens (tertiary/aromatic N) is 1. The molecule has 20 heavy (non-hydrogen) atoms. The molecule has 1 aromatic rings. The molecule has 0 radical (unpaired) electrons. The van der Waals surface area contributed by atoms with Crippen LogP contribution in [0.3, 0.4) is 0 Å². The molecular formula is C17H28N2S. The first-order chi connectivity index (χ1) is 9.47. The summed E-state index contributed by atoms with van der Waals surface area (Å²) < 4.78 is 0. The second kappa shape index (κ2) is 5.43. The molecule has 112 valence electrons. The molecule has 2 fully saturated rings. The van der Waals surface area contributed by atoms with E-state index in [1.807, 2.05) is 11.3 Å². The van der Waals surface area contributed by atoms with Gasteiger partial charge in [-0.05, 0) is 49.8 Å². The predicted molar refractivity (Wildman–Crippen MR) is 87.3 cm³/mol. The van der Waals surface area contributed by atoms with Crippen LogP contribution in [0.25, 0.3) is 0 Å². The molecule has 2 N–H and O–H groups in total. The highest BCUT2D eigenvalue weighted by Crippen LogP contribution is 2.42. The van der Waals surface area contributed by atoms with E-state index in [0.29, 0.717) is 12.1 Å². The lowest BCUT2D eigenvalue weighted by atomic mass is 9.95. The molecule has 2 unspecified atom stereocenters. The molecule has 0 aromatic carbocycles. The molecule has 2 nitrogen and oxygen atoms in total. The van der Waals surface area contributed by atoms with Crippen molar-refractivity contribution in [2.75, 3.05) is 6.54 Å². The monoisotopic (exact) mass is 292 g/mol. The number of hydrogen-bond acceptors (Lipinski definition) is 3. The third-order valence-corrected chi connectivity index (χ3v) is 6.22. The van der Waals surface area contributed by atoms with Gasteiger partial charge in [0.2, 0.25) is 0 Å². The maximum atomic E-state index is 6.55. The van der Waals surface area contributed by atoms with E-state index in [4.69, 9.17) is 5.73 Å². The van der Waals surface area contributed by atoms with Gasteiger partial charge in [0.1, 0.15) is 0 Å². The van der Waals surface area contributed by atoms with Crippen molar-refractivity contribution >= 4 is 11.3 Å². The Morgan fingerprint density at radius 2 is 1.90 bits per heavy atom. The molecule has 0 amide bonds. The van der Waals surface area contributed by atoms with Crippen LogP contribution in [0.2, 0.25) is 0 Å². The van der Waals surface area contributed by atoms with Crippen LogP contribution >= 0.6 is 11.3 Å². The van der Waals surface area contributed by atoms with Crippen molar-refractivity contribution in [3.63, 3.8) is 0 Å². The maximum absolute atomic E-state index is 6.55. The van der Waals surface area contributed by atoms with Crippen LogP contribution in [-0.4, -0.2) is 23.5 Å². The minimum atomic E-state index is 0.252. The normalized spacial score (nSPS) is 29.4. The van der Waals surface area contributed by atoms with E-state index in [2.05, 4.69) is 37.8 Å². The average molecular weight is 292 g/mol. The molecule has 0 bridgehead atoms. The van der Waals surface area contributed by atoms with Crippen LogP contribution in [0.4, 0.5) is 0 Å². The Labute approximate surface area is 127 Å². The Morgan fingerprint density at radius 1 is 1.15 bits per heavy atom. The molecule has 2 heterocycles. The summed E-state index contributed by atoms with van der Waals surface area (Å²) in [5.74, 6) is 0. The molecule has 1 aromatic heterocycles. The maximum Gasteiger partial charge on any atom is 0.0595 e. The molecule has 2 atom stereocenters. The van der Waals surface area contributed by atoms with E-state index in [1.165, 1.54) is 48.4 Å². The highest BCUT2D eigenvalue weighted by Gasteiger charge is 2.39. The quantitative estimate of drug-likeness (QED) is 0.890. The molecule has 1 saturated carbocycles. The van der Waals surface area contributed by atoms with E-state index >= 15 is 0 Å². The van der Waals surface area contributed by atoms with Crippen LogP contribution in [-0.2, 0) is 5.41 Å². The first-order valence-corrected chi connectivity index (χ1v) is 8.90. The predicted octanol–water partition coefficient (Wildman–Crippen LogP) is 4.06. The summed E-state index contributed by atoms with van der Waals surface area (Å²) in [5.41, 5.74) is 6.80. The van der Waals surface area contributed by atoms with E-state index in [-0.39, 0.29) is 5.41 Å². The van der Waals surface area contributed by atoms with Crippen molar-refractivity contribution in [2.24, 2.45) is 5.73 Å². The minimum Gasteiger partial charge on any atom is -0.326 e. The molecule has 1 aliphatic carbocycles. The third kappa shape index (κ3) is 2.95. The Morgan fingerprint density at radius 3 is 2.50 bits per heavy atom. The summed E-state index contributed by atoms with van der Waals surface area (Å²) >= 11 is 1.99. The fraction of sp³-hybridized carbons (Fsp3) is 0.765. The average Bonchev–Trinajstić information content (AvgIpc) is 3.11. The summed E-state index contributed by atoms with van der Waals surface area (Å²) in [4.78, 5) is 5.70. The Bertz CT molecular complexity index is 456. The number of hydrogen-bond donors (Lipinski definition) is 1. The topological polar surface area (TPSA) is 29.3 Å². The van der Waals surface area contributed by atoms with Crippen LogP contribution in [0.15, 0.2) is 12.1 Å². The van der Waals surface area contributed by atoms with Crippen molar-refractivity contribution in [1.29, 1.82) is 0 Å². The zero-order valence-corrected chi connectivity index (χ0v) is 13.9. The summed E-state index contributed by atoms with van der Waals surface area (Å²) in [6.45, 7) is 8.14. The lowest BCUT2D eigenvalue weighted by Gasteiger charge is -2.33. The lowest BCUT2D eigenvalue weighted by Crippen LogP contribution is -2.40. The minimum absolute atomic E-state index is 0.252.